The Morgan fingerprint density at radius 2 is 0.885 bits per heavy atom. The monoisotopic (exact) mass is 844 g/mol. The van der Waals surface area contributed by atoms with Gasteiger partial charge >= 0.3 is 6.09 Å². The number of hydrogen-bond acceptors (Lipinski definition) is 11. The summed E-state index contributed by atoms with van der Waals surface area (Å²) in [4.78, 5) is 53.3. The first-order valence-electron chi connectivity index (χ1n) is 20.5. The Morgan fingerprint density at radius 3 is 1.26 bits per heavy atom. The van der Waals surface area contributed by atoms with Gasteiger partial charge in [-0.2, -0.15) is 0 Å². The third kappa shape index (κ3) is 20.1. The highest BCUT2D eigenvalue weighted by Crippen LogP contribution is 2.44. The van der Waals surface area contributed by atoms with Crippen molar-refractivity contribution in [1.82, 2.24) is 21.3 Å². The molecule has 3 rings (SSSR count). The van der Waals surface area contributed by atoms with Crippen LogP contribution < -0.4 is 21.3 Å². The van der Waals surface area contributed by atoms with Gasteiger partial charge in [-0.1, -0.05) is 66.3 Å². The van der Waals surface area contributed by atoms with E-state index in [1.54, 1.807) is 0 Å². The van der Waals surface area contributed by atoms with E-state index in [1.807, 2.05) is 48.5 Å². The standard InChI is InChI=1S/C46H60N4O11/c1-4-24-55-30-33-58-27-21-47-42(51)15-18-46(19-16-43(52)48-22-28-59-34-31-56-25-5-2,20-17-44(53)49-23-29-60-35-32-57-26-6-3)50-45(54)61-36-41-39-13-9-7-11-37(39)38-12-8-10-14-40(38)41/h1-3,7-14,41H,15-36H2,(H,47,51)(H,48,52)(H,49,53)(H,50,54). The number of nitrogens with one attached hydrogen (secondary N) is 4. The van der Waals surface area contributed by atoms with Crippen molar-refractivity contribution >= 4 is 23.8 Å². The highest BCUT2D eigenvalue weighted by atomic mass is 16.6. The summed E-state index contributed by atoms with van der Waals surface area (Å²) in [5, 5.41) is 11.5. The summed E-state index contributed by atoms with van der Waals surface area (Å²) in [6.07, 6.45) is 15.1. The van der Waals surface area contributed by atoms with Gasteiger partial charge in [0.2, 0.25) is 17.7 Å². The molecule has 4 amide bonds. The topological polar surface area (TPSA) is 181 Å². The van der Waals surface area contributed by atoms with Crippen molar-refractivity contribution in [2.45, 2.75) is 50.0 Å². The van der Waals surface area contributed by atoms with Gasteiger partial charge in [-0.05, 0) is 41.5 Å². The third-order valence-electron chi connectivity index (χ3n) is 9.58. The van der Waals surface area contributed by atoms with Crippen LogP contribution in [0.25, 0.3) is 11.1 Å². The van der Waals surface area contributed by atoms with Gasteiger partial charge in [-0.25, -0.2) is 4.79 Å². The molecule has 15 heteroatoms. The van der Waals surface area contributed by atoms with Crippen molar-refractivity contribution < 1.29 is 52.3 Å². The van der Waals surface area contributed by atoms with Crippen molar-refractivity contribution in [2.75, 3.05) is 106 Å². The second-order valence-corrected chi connectivity index (χ2v) is 13.9. The van der Waals surface area contributed by atoms with E-state index in [-0.39, 0.29) is 128 Å². The predicted octanol–water partition coefficient (Wildman–Crippen LogP) is 2.95. The van der Waals surface area contributed by atoms with Crippen LogP contribution in [-0.4, -0.2) is 135 Å². The zero-order chi connectivity index (χ0) is 43.8. The fourth-order valence-electron chi connectivity index (χ4n) is 6.58. The van der Waals surface area contributed by atoms with E-state index in [0.717, 1.165) is 22.3 Å². The number of alkyl carbamates (subject to hydrolysis) is 1. The average molecular weight is 845 g/mol. The van der Waals surface area contributed by atoms with Crippen molar-refractivity contribution in [3.8, 4) is 48.2 Å². The van der Waals surface area contributed by atoms with Crippen molar-refractivity contribution in [3.63, 3.8) is 0 Å². The van der Waals surface area contributed by atoms with Gasteiger partial charge in [0.1, 0.15) is 26.4 Å². The summed E-state index contributed by atoms with van der Waals surface area (Å²) in [5.41, 5.74) is 3.06. The largest absolute Gasteiger partial charge is 0.449 e. The Kier molecular flexibility index (Phi) is 25.0. The molecule has 0 aliphatic heterocycles. The van der Waals surface area contributed by atoms with Crippen LogP contribution in [0.1, 0.15) is 55.6 Å². The van der Waals surface area contributed by atoms with Crippen molar-refractivity contribution in [2.24, 2.45) is 0 Å². The molecule has 0 saturated carbocycles. The molecule has 330 valence electrons. The maximum Gasteiger partial charge on any atom is 0.407 e. The first-order valence-corrected chi connectivity index (χ1v) is 20.5. The van der Waals surface area contributed by atoms with Crippen molar-refractivity contribution in [3.05, 3.63) is 59.7 Å². The molecule has 1 aliphatic carbocycles. The molecule has 1 aliphatic rings. The lowest BCUT2D eigenvalue weighted by atomic mass is 9.83. The van der Waals surface area contributed by atoms with Gasteiger partial charge in [-0.3, -0.25) is 14.4 Å². The van der Waals surface area contributed by atoms with E-state index in [1.165, 1.54) is 0 Å². The minimum atomic E-state index is -1.20. The van der Waals surface area contributed by atoms with Crippen LogP contribution in [0.4, 0.5) is 4.79 Å². The first-order chi connectivity index (χ1) is 29.8. The summed E-state index contributed by atoms with van der Waals surface area (Å²) < 4.78 is 38.0. The Morgan fingerprint density at radius 1 is 0.525 bits per heavy atom. The fourth-order valence-corrected chi connectivity index (χ4v) is 6.58. The first kappa shape index (κ1) is 49.9. The minimum absolute atomic E-state index is 0.0245. The number of ether oxygens (including phenoxy) is 7. The summed E-state index contributed by atoms with van der Waals surface area (Å²) >= 11 is 0. The van der Waals surface area contributed by atoms with E-state index < -0.39 is 11.6 Å². The van der Waals surface area contributed by atoms with Gasteiger partial charge in [0.05, 0.1) is 59.5 Å². The predicted molar refractivity (Wildman–Crippen MR) is 229 cm³/mol. The van der Waals surface area contributed by atoms with Crippen LogP contribution in [0.3, 0.4) is 0 Å². The molecule has 0 radical (unpaired) electrons. The maximum atomic E-state index is 13.8. The van der Waals surface area contributed by atoms with E-state index in [4.69, 9.17) is 52.4 Å². The van der Waals surface area contributed by atoms with Gasteiger partial charge in [0.25, 0.3) is 0 Å². The number of hydrogen-bond donors (Lipinski definition) is 4. The van der Waals surface area contributed by atoms with Crippen LogP contribution >= 0.6 is 0 Å². The highest BCUT2D eigenvalue weighted by Gasteiger charge is 2.35. The summed E-state index contributed by atoms with van der Waals surface area (Å²) in [5.74, 6) is 6.05. The molecule has 0 bridgehead atoms. The molecule has 4 N–H and O–H groups in total. The van der Waals surface area contributed by atoms with Crippen LogP contribution in [-0.2, 0) is 47.5 Å². The molecule has 0 unspecified atom stereocenters. The quantitative estimate of drug-likeness (QED) is 0.0613. The maximum absolute atomic E-state index is 13.8. The molecule has 0 fully saturated rings. The molecule has 15 nitrogen and oxygen atoms in total. The highest BCUT2D eigenvalue weighted by molar-refractivity contribution is 5.80. The van der Waals surface area contributed by atoms with Gasteiger partial charge in [-0.15, -0.1) is 19.3 Å². The molecule has 0 heterocycles. The molecule has 0 atom stereocenters. The van der Waals surface area contributed by atoms with Crippen LogP contribution in [0, 0.1) is 37.0 Å². The zero-order valence-corrected chi connectivity index (χ0v) is 35.0. The molecular formula is C46H60N4O11. The molecule has 0 aromatic heterocycles. The van der Waals surface area contributed by atoms with E-state index in [2.05, 4.69) is 39.0 Å². The van der Waals surface area contributed by atoms with Crippen molar-refractivity contribution in [1.29, 1.82) is 0 Å². The number of rotatable bonds is 33. The van der Waals surface area contributed by atoms with E-state index in [9.17, 15) is 19.2 Å². The second kappa shape index (κ2) is 30.6. The molecular weight excluding hydrogens is 785 g/mol. The van der Waals surface area contributed by atoms with Crippen LogP contribution in [0.15, 0.2) is 48.5 Å². The normalized spacial score (nSPS) is 11.6. The number of carbonyl (C=O) groups is 4. The fraction of sp³-hybridized carbons (Fsp3) is 0.522. The van der Waals surface area contributed by atoms with Crippen LogP contribution in [0.2, 0.25) is 0 Å². The molecule has 0 spiro atoms. The third-order valence-corrected chi connectivity index (χ3v) is 9.58. The molecule has 2 aromatic rings. The number of terminal acetylenes is 3. The van der Waals surface area contributed by atoms with Gasteiger partial charge in [0.15, 0.2) is 0 Å². The zero-order valence-electron chi connectivity index (χ0n) is 35.0. The van der Waals surface area contributed by atoms with E-state index >= 15 is 0 Å². The minimum Gasteiger partial charge on any atom is -0.449 e. The smallest absolute Gasteiger partial charge is 0.407 e. The molecule has 2 aromatic carbocycles. The summed E-state index contributed by atoms with van der Waals surface area (Å²) in [6.45, 7) is 3.99. The summed E-state index contributed by atoms with van der Waals surface area (Å²) in [7, 11) is 0. The Balaban J connectivity index is 1.70. The summed E-state index contributed by atoms with van der Waals surface area (Å²) in [6, 6.07) is 16.0. The van der Waals surface area contributed by atoms with Crippen LogP contribution in [0.5, 0.6) is 0 Å². The lowest BCUT2D eigenvalue weighted by molar-refractivity contribution is -0.121. The number of benzene rings is 2. The Labute approximate surface area is 360 Å². The second-order valence-electron chi connectivity index (χ2n) is 13.9. The Bertz CT molecular complexity index is 1610. The molecule has 0 saturated heterocycles. The number of fused-ring (bicyclic) bond motifs is 3. The molecule has 61 heavy (non-hydrogen) atoms. The van der Waals surface area contributed by atoms with Gasteiger partial charge < -0.3 is 54.4 Å². The lowest BCUT2D eigenvalue weighted by Gasteiger charge is -2.35. The average Bonchev–Trinajstić information content (AvgIpc) is 3.59. The lowest BCUT2D eigenvalue weighted by Crippen LogP contribution is -2.51. The Hall–Kier alpha value is -5.44. The SMILES string of the molecule is C#CCOCCOCCNC(=O)CCC(CCC(=O)NCCOCCOCC#C)(CCC(=O)NCCOCCOCC#C)NC(=O)OCC1c2ccccc2-c2ccccc21. The number of carbonyl (C=O) groups excluding carboxylic acids is 4. The van der Waals surface area contributed by atoms with Gasteiger partial charge in [0, 0.05) is 50.4 Å². The van der Waals surface area contributed by atoms with E-state index in [0.29, 0.717) is 39.6 Å². The number of amides is 4.